The SMILES string of the molecule is CCCC1(c2ccccc2)NC(=O)N(CC(=O)NC(C)(C)CC)C1=O. The van der Waals surface area contributed by atoms with Crippen LogP contribution >= 0.6 is 0 Å². The molecule has 0 aliphatic carbocycles. The van der Waals surface area contributed by atoms with Crippen LogP contribution in [-0.4, -0.2) is 34.8 Å². The van der Waals surface area contributed by atoms with Crippen LogP contribution < -0.4 is 10.6 Å². The lowest BCUT2D eigenvalue weighted by atomic mass is 9.85. The van der Waals surface area contributed by atoms with Gasteiger partial charge in [-0.1, -0.05) is 50.6 Å². The Morgan fingerprint density at radius 1 is 1.20 bits per heavy atom. The predicted molar refractivity (Wildman–Crippen MR) is 95.8 cm³/mol. The minimum atomic E-state index is -1.09. The molecule has 2 rings (SSSR count). The number of carbonyl (C=O) groups is 3. The fraction of sp³-hybridized carbons (Fsp3) is 0.526. The fourth-order valence-corrected chi connectivity index (χ4v) is 3.03. The topological polar surface area (TPSA) is 78.5 Å². The van der Waals surface area contributed by atoms with Crippen molar-refractivity contribution in [1.29, 1.82) is 0 Å². The average molecular weight is 345 g/mol. The summed E-state index contributed by atoms with van der Waals surface area (Å²) in [5, 5.41) is 5.68. The highest BCUT2D eigenvalue weighted by atomic mass is 16.2. The number of imide groups is 1. The van der Waals surface area contributed by atoms with Gasteiger partial charge in [0.2, 0.25) is 5.91 Å². The van der Waals surface area contributed by atoms with Gasteiger partial charge in [-0.3, -0.25) is 14.5 Å². The summed E-state index contributed by atoms with van der Waals surface area (Å²) in [6.07, 6.45) is 1.96. The minimum Gasteiger partial charge on any atom is -0.350 e. The maximum absolute atomic E-state index is 13.1. The minimum absolute atomic E-state index is 0.271. The van der Waals surface area contributed by atoms with Crippen molar-refractivity contribution in [2.45, 2.75) is 58.0 Å². The molecule has 0 radical (unpaired) electrons. The third-order valence-electron chi connectivity index (χ3n) is 4.73. The Morgan fingerprint density at radius 2 is 1.84 bits per heavy atom. The Morgan fingerprint density at radius 3 is 2.40 bits per heavy atom. The number of urea groups is 1. The number of nitrogens with one attached hydrogen (secondary N) is 2. The van der Waals surface area contributed by atoms with Gasteiger partial charge in [0.15, 0.2) is 0 Å². The van der Waals surface area contributed by atoms with Gasteiger partial charge in [-0.2, -0.15) is 0 Å². The Bertz CT molecular complexity index is 657. The van der Waals surface area contributed by atoms with Crippen LogP contribution in [0.25, 0.3) is 0 Å². The lowest BCUT2D eigenvalue weighted by molar-refractivity contribution is -0.136. The second-order valence-corrected chi connectivity index (χ2v) is 7.13. The van der Waals surface area contributed by atoms with E-state index in [0.29, 0.717) is 6.42 Å². The third kappa shape index (κ3) is 3.83. The van der Waals surface area contributed by atoms with Crippen LogP contribution in [0.4, 0.5) is 4.79 Å². The highest BCUT2D eigenvalue weighted by Gasteiger charge is 2.52. The lowest BCUT2D eigenvalue weighted by Gasteiger charge is -2.27. The number of hydrogen-bond acceptors (Lipinski definition) is 3. The first kappa shape index (κ1) is 19.0. The van der Waals surface area contributed by atoms with Crippen LogP contribution in [-0.2, 0) is 15.1 Å². The largest absolute Gasteiger partial charge is 0.350 e. The van der Waals surface area contributed by atoms with Gasteiger partial charge in [0, 0.05) is 5.54 Å². The van der Waals surface area contributed by atoms with Gasteiger partial charge in [-0.15, -0.1) is 0 Å². The van der Waals surface area contributed by atoms with Gasteiger partial charge in [0.25, 0.3) is 5.91 Å². The van der Waals surface area contributed by atoms with Gasteiger partial charge in [0.1, 0.15) is 12.1 Å². The zero-order valence-corrected chi connectivity index (χ0v) is 15.4. The predicted octanol–water partition coefficient (Wildman–Crippen LogP) is 2.54. The van der Waals surface area contributed by atoms with Crippen LogP contribution in [0.15, 0.2) is 30.3 Å². The van der Waals surface area contributed by atoms with Crippen molar-refractivity contribution < 1.29 is 14.4 Å². The van der Waals surface area contributed by atoms with Crippen molar-refractivity contribution in [2.75, 3.05) is 6.54 Å². The molecule has 1 atom stereocenters. The van der Waals surface area contributed by atoms with E-state index in [2.05, 4.69) is 10.6 Å². The summed E-state index contributed by atoms with van der Waals surface area (Å²) < 4.78 is 0. The molecular weight excluding hydrogens is 318 g/mol. The van der Waals surface area contributed by atoms with E-state index in [1.165, 1.54) is 0 Å². The Kier molecular flexibility index (Phi) is 5.50. The van der Waals surface area contributed by atoms with E-state index in [0.717, 1.165) is 23.3 Å². The molecule has 1 saturated heterocycles. The molecule has 4 amide bonds. The van der Waals surface area contributed by atoms with Crippen molar-refractivity contribution in [2.24, 2.45) is 0 Å². The molecule has 25 heavy (non-hydrogen) atoms. The maximum atomic E-state index is 13.1. The summed E-state index contributed by atoms with van der Waals surface area (Å²) in [7, 11) is 0. The summed E-state index contributed by atoms with van der Waals surface area (Å²) in [4.78, 5) is 38.8. The van der Waals surface area contributed by atoms with Crippen LogP contribution in [0, 0.1) is 0 Å². The molecule has 1 heterocycles. The molecule has 1 aromatic rings. The van der Waals surface area contributed by atoms with Gasteiger partial charge in [-0.25, -0.2) is 4.79 Å². The molecule has 6 nitrogen and oxygen atoms in total. The average Bonchev–Trinajstić information content (AvgIpc) is 2.81. The van der Waals surface area contributed by atoms with Gasteiger partial charge < -0.3 is 10.6 Å². The van der Waals surface area contributed by atoms with E-state index in [-0.39, 0.29) is 23.9 Å². The molecule has 136 valence electrons. The monoisotopic (exact) mass is 345 g/mol. The number of nitrogens with zero attached hydrogens (tertiary/aromatic N) is 1. The zero-order chi connectivity index (χ0) is 18.7. The van der Waals surface area contributed by atoms with Crippen molar-refractivity contribution >= 4 is 17.8 Å². The quantitative estimate of drug-likeness (QED) is 0.746. The number of hydrogen-bond donors (Lipinski definition) is 2. The number of benzene rings is 1. The van der Waals surface area contributed by atoms with E-state index < -0.39 is 11.6 Å². The van der Waals surface area contributed by atoms with Crippen molar-refractivity contribution in [3.05, 3.63) is 35.9 Å². The van der Waals surface area contributed by atoms with E-state index >= 15 is 0 Å². The molecule has 0 aromatic heterocycles. The molecule has 6 heteroatoms. The molecule has 1 unspecified atom stereocenters. The molecule has 0 bridgehead atoms. The molecule has 1 aliphatic rings. The van der Waals surface area contributed by atoms with Crippen LogP contribution in [0.3, 0.4) is 0 Å². The summed E-state index contributed by atoms with van der Waals surface area (Å²) in [5.74, 6) is -0.703. The summed E-state index contributed by atoms with van der Waals surface area (Å²) in [6.45, 7) is 7.47. The van der Waals surface area contributed by atoms with Gasteiger partial charge >= 0.3 is 6.03 Å². The lowest BCUT2D eigenvalue weighted by Crippen LogP contribution is -2.49. The summed E-state index contributed by atoms with van der Waals surface area (Å²) in [6, 6.07) is 8.68. The molecule has 1 fully saturated rings. The number of carbonyl (C=O) groups excluding carboxylic acids is 3. The zero-order valence-electron chi connectivity index (χ0n) is 15.4. The van der Waals surface area contributed by atoms with Crippen LogP contribution in [0.2, 0.25) is 0 Å². The fourth-order valence-electron chi connectivity index (χ4n) is 3.03. The smallest absolute Gasteiger partial charge is 0.325 e. The first-order valence-electron chi connectivity index (χ1n) is 8.76. The summed E-state index contributed by atoms with van der Waals surface area (Å²) in [5.41, 5.74) is -0.726. The van der Waals surface area contributed by atoms with Crippen molar-refractivity contribution in [3.63, 3.8) is 0 Å². The number of amides is 4. The molecule has 1 aliphatic heterocycles. The van der Waals surface area contributed by atoms with Crippen LogP contribution in [0.5, 0.6) is 0 Å². The molecule has 0 saturated carbocycles. The van der Waals surface area contributed by atoms with Gasteiger partial charge in [0.05, 0.1) is 0 Å². The Balaban J connectivity index is 2.24. The summed E-state index contributed by atoms with van der Waals surface area (Å²) >= 11 is 0. The van der Waals surface area contributed by atoms with Crippen LogP contribution in [0.1, 0.15) is 52.5 Å². The maximum Gasteiger partial charge on any atom is 0.325 e. The van der Waals surface area contributed by atoms with E-state index in [1.54, 1.807) is 0 Å². The third-order valence-corrected chi connectivity index (χ3v) is 4.73. The van der Waals surface area contributed by atoms with E-state index in [1.807, 2.05) is 58.0 Å². The molecule has 0 spiro atoms. The van der Waals surface area contributed by atoms with E-state index in [4.69, 9.17) is 0 Å². The number of rotatable bonds is 7. The van der Waals surface area contributed by atoms with Crippen molar-refractivity contribution in [3.8, 4) is 0 Å². The second-order valence-electron chi connectivity index (χ2n) is 7.13. The first-order valence-corrected chi connectivity index (χ1v) is 8.76. The highest BCUT2D eigenvalue weighted by Crippen LogP contribution is 2.33. The van der Waals surface area contributed by atoms with Gasteiger partial charge in [-0.05, 0) is 32.3 Å². The molecule has 1 aromatic carbocycles. The standard InChI is InChI=1S/C19H27N3O3/c1-5-12-19(14-10-8-7-9-11-14)16(24)22(17(25)21-19)13-15(23)20-18(3,4)6-2/h7-11H,5-6,12-13H2,1-4H3,(H,20,23)(H,21,25). The first-order chi connectivity index (χ1) is 11.8. The second kappa shape index (κ2) is 7.25. The normalized spacial score (nSPS) is 20.6. The molecule has 2 N–H and O–H groups in total. The molecular formula is C19H27N3O3. The Hall–Kier alpha value is -2.37. The van der Waals surface area contributed by atoms with Crippen molar-refractivity contribution in [1.82, 2.24) is 15.5 Å². The Labute approximate surface area is 149 Å². The highest BCUT2D eigenvalue weighted by molar-refractivity contribution is 6.09. The van der Waals surface area contributed by atoms with E-state index in [9.17, 15) is 14.4 Å².